The minimum Gasteiger partial charge on any atom is -0.482 e. The molecule has 170 valence electrons. The van der Waals surface area contributed by atoms with Gasteiger partial charge in [-0.2, -0.15) is 5.26 Å². The Morgan fingerprint density at radius 1 is 1.12 bits per heavy atom. The highest BCUT2D eigenvalue weighted by Crippen LogP contribution is 2.23. The van der Waals surface area contributed by atoms with Crippen LogP contribution in [0.3, 0.4) is 0 Å². The molecule has 1 aliphatic rings. The molecule has 0 unspecified atom stereocenters. The van der Waals surface area contributed by atoms with Crippen LogP contribution in [0.4, 0.5) is 5.69 Å². The van der Waals surface area contributed by atoms with Crippen molar-refractivity contribution in [1.29, 1.82) is 5.26 Å². The van der Waals surface area contributed by atoms with Crippen LogP contribution >= 0.6 is 0 Å². The normalized spacial score (nSPS) is 13.8. The molecule has 2 aromatic carbocycles. The van der Waals surface area contributed by atoms with Crippen molar-refractivity contribution in [1.82, 2.24) is 4.90 Å². The zero-order valence-electron chi connectivity index (χ0n) is 18.7. The van der Waals surface area contributed by atoms with Crippen molar-refractivity contribution >= 4 is 23.6 Å². The number of nitriles is 1. The molecule has 0 saturated carbocycles. The van der Waals surface area contributed by atoms with Crippen LogP contribution in [0.5, 0.6) is 5.75 Å². The summed E-state index contributed by atoms with van der Waals surface area (Å²) < 4.78 is 10.1. The molecule has 1 amide bonds. The van der Waals surface area contributed by atoms with Gasteiger partial charge in [0, 0.05) is 31.9 Å². The molecule has 1 fully saturated rings. The predicted molar refractivity (Wildman–Crippen MR) is 127 cm³/mol. The average Bonchev–Trinajstić information content (AvgIpc) is 2.87. The number of para-hydroxylation sites is 1. The average molecular weight is 446 g/mol. The number of allylic oxidation sites excluding steroid dienone is 1. The van der Waals surface area contributed by atoms with Gasteiger partial charge in [0.2, 0.25) is 0 Å². The number of anilines is 1. The Morgan fingerprint density at radius 3 is 2.48 bits per heavy atom. The topological polar surface area (TPSA) is 82.9 Å². The molecule has 1 saturated heterocycles. The van der Waals surface area contributed by atoms with E-state index >= 15 is 0 Å². The number of ether oxygens (including phenoxy) is 2. The number of hydrogen-bond donors (Lipinski definition) is 0. The van der Waals surface area contributed by atoms with Gasteiger partial charge in [0.1, 0.15) is 17.4 Å². The summed E-state index contributed by atoms with van der Waals surface area (Å²) in [7, 11) is 1.30. The highest BCUT2D eigenvalue weighted by Gasteiger charge is 2.24. The first-order valence-corrected chi connectivity index (χ1v) is 10.7. The standard InChI is InChI=1S/C26H27N3O4/c1-3-7-21-16-20(10-11-24(21)33-19-25(30)32-2)17-22(18-27)26(31)29-14-12-28(13-15-29)23-8-5-4-6-9-23/h3-6,8-11,16-17H,1,7,12-15,19H2,2H3/b22-17-. The van der Waals surface area contributed by atoms with Crippen LogP contribution in [-0.4, -0.2) is 56.7 Å². The van der Waals surface area contributed by atoms with E-state index in [0.717, 1.165) is 11.3 Å². The van der Waals surface area contributed by atoms with Gasteiger partial charge in [-0.05, 0) is 47.9 Å². The van der Waals surface area contributed by atoms with Crippen LogP contribution in [0.1, 0.15) is 11.1 Å². The number of esters is 1. The van der Waals surface area contributed by atoms with Crippen molar-refractivity contribution in [3.05, 3.63) is 77.9 Å². The van der Waals surface area contributed by atoms with Gasteiger partial charge in [0.25, 0.3) is 5.91 Å². The quantitative estimate of drug-likeness (QED) is 0.269. The summed E-state index contributed by atoms with van der Waals surface area (Å²) in [6.45, 7) is 6.08. The molecule has 0 spiro atoms. The molecule has 0 N–H and O–H groups in total. The molecule has 0 radical (unpaired) electrons. The van der Waals surface area contributed by atoms with E-state index in [0.29, 0.717) is 43.9 Å². The zero-order chi connectivity index (χ0) is 23.6. The Balaban J connectivity index is 1.71. The summed E-state index contributed by atoms with van der Waals surface area (Å²) in [5, 5.41) is 9.65. The van der Waals surface area contributed by atoms with E-state index < -0.39 is 5.97 Å². The van der Waals surface area contributed by atoms with Crippen LogP contribution in [0, 0.1) is 11.3 Å². The maximum Gasteiger partial charge on any atom is 0.343 e. The lowest BCUT2D eigenvalue weighted by Crippen LogP contribution is -2.49. The summed E-state index contributed by atoms with van der Waals surface area (Å²) in [5.74, 6) is -0.228. The van der Waals surface area contributed by atoms with Crippen molar-refractivity contribution in [3.8, 4) is 11.8 Å². The number of nitrogens with zero attached hydrogens (tertiary/aromatic N) is 3. The van der Waals surface area contributed by atoms with Gasteiger partial charge < -0.3 is 19.3 Å². The molecule has 1 heterocycles. The minimum absolute atomic E-state index is 0.0796. The summed E-state index contributed by atoms with van der Waals surface area (Å²) in [4.78, 5) is 28.3. The Labute approximate surface area is 194 Å². The first-order chi connectivity index (χ1) is 16.0. The first-order valence-electron chi connectivity index (χ1n) is 10.7. The van der Waals surface area contributed by atoms with E-state index in [1.54, 1.807) is 29.2 Å². The number of methoxy groups -OCH3 is 1. The number of carbonyl (C=O) groups is 2. The second-order valence-electron chi connectivity index (χ2n) is 7.51. The molecule has 2 aromatic rings. The van der Waals surface area contributed by atoms with Crippen LogP contribution in [-0.2, 0) is 20.7 Å². The molecule has 7 nitrogen and oxygen atoms in total. The van der Waals surface area contributed by atoms with Gasteiger partial charge in [-0.3, -0.25) is 4.79 Å². The van der Waals surface area contributed by atoms with Gasteiger partial charge in [-0.25, -0.2) is 4.79 Å². The fraction of sp³-hybridized carbons (Fsp3) is 0.269. The molecular weight excluding hydrogens is 418 g/mol. The van der Waals surface area contributed by atoms with Crippen LogP contribution in [0.15, 0.2) is 66.8 Å². The van der Waals surface area contributed by atoms with Crippen molar-refractivity contribution in [2.45, 2.75) is 6.42 Å². The van der Waals surface area contributed by atoms with Gasteiger partial charge in [-0.15, -0.1) is 6.58 Å². The maximum atomic E-state index is 13.0. The van der Waals surface area contributed by atoms with Crippen molar-refractivity contribution in [2.75, 3.05) is 44.8 Å². The van der Waals surface area contributed by atoms with Crippen molar-refractivity contribution in [3.63, 3.8) is 0 Å². The van der Waals surface area contributed by atoms with Crippen LogP contribution < -0.4 is 9.64 Å². The first kappa shape index (κ1) is 23.6. The van der Waals surface area contributed by atoms with E-state index in [-0.39, 0.29) is 18.1 Å². The number of piperazine rings is 1. The van der Waals surface area contributed by atoms with Crippen molar-refractivity contribution < 1.29 is 19.1 Å². The zero-order valence-corrected chi connectivity index (χ0v) is 18.7. The largest absolute Gasteiger partial charge is 0.482 e. The number of carbonyl (C=O) groups excluding carboxylic acids is 2. The fourth-order valence-electron chi connectivity index (χ4n) is 3.63. The van der Waals surface area contributed by atoms with E-state index in [9.17, 15) is 14.9 Å². The molecule has 3 rings (SSSR count). The van der Waals surface area contributed by atoms with Gasteiger partial charge >= 0.3 is 5.97 Å². The molecule has 33 heavy (non-hydrogen) atoms. The maximum absolute atomic E-state index is 13.0. The lowest BCUT2D eigenvalue weighted by atomic mass is 10.0. The summed E-state index contributed by atoms with van der Waals surface area (Å²) in [5.41, 5.74) is 2.70. The Bertz CT molecular complexity index is 1060. The highest BCUT2D eigenvalue weighted by molar-refractivity contribution is 6.01. The highest BCUT2D eigenvalue weighted by atomic mass is 16.6. The lowest BCUT2D eigenvalue weighted by Gasteiger charge is -2.36. The third kappa shape index (κ3) is 6.23. The third-order valence-corrected chi connectivity index (χ3v) is 5.37. The number of rotatable bonds is 8. The third-order valence-electron chi connectivity index (χ3n) is 5.37. The molecule has 0 aromatic heterocycles. The van der Waals surface area contributed by atoms with E-state index in [4.69, 9.17) is 4.74 Å². The molecule has 1 aliphatic heterocycles. The van der Waals surface area contributed by atoms with E-state index in [1.165, 1.54) is 7.11 Å². The SMILES string of the molecule is C=CCc1cc(/C=C(/C#N)C(=O)N2CCN(c3ccccc3)CC2)ccc1OCC(=O)OC. The summed E-state index contributed by atoms with van der Waals surface area (Å²) in [6.07, 6.45) is 3.81. The number of benzene rings is 2. The van der Waals surface area contributed by atoms with E-state index in [2.05, 4.69) is 28.3 Å². The molecule has 7 heteroatoms. The summed E-state index contributed by atoms with van der Waals surface area (Å²) >= 11 is 0. The second kappa shape index (κ2) is 11.5. The molecule has 0 bridgehead atoms. The van der Waals surface area contributed by atoms with Gasteiger partial charge in [-0.1, -0.05) is 30.3 Å². The Morgan fingerprint density at radius 2 is 1.85 bits per heavy atom. The predicted octanol–water partition coefficient (Wildman–Crippen LogP) is 3.22. The monoisotopic (exact) mass is 445 g/mol. The minimum atomic E-state index is -0.478. The summed E-state index contributed by atoms with van der Waals surface area (Å²) in [6, 6.07) is 17.4. The van der Waals surface area contributed by atoms with Gasteiger partial charge in [0.15, 0.2) is 6.61 Å². The molecule has 0 atom stereocenters. The Hall–Kier alpha value is -4.05. The number of amides is 1. The Kier molecular flexibility index (Phi) is 8.25. The number of hydrogen-bond acceptors (Lipinski definition) is 6. The van der Waals surface area contributed by atoms with E-state index in [1.807, 2.05) is 30.3 Å². The second-order valence-corrected chi connectivity index (χ2v) is 7.51. The lowest BCUT2D eigenvalue weighted by molar-refractivity contribution is -0.142. The fourth-order valence-corrected chi connectivity index (χ4v) is 3.63. The van der Waals surface area contributed by atoms with Crippen molar-refractivity contribution in [2.24, 2.45) is 0 Å². The van der Waals surface area contributed by atoms with Crippen LogP contribution in [0.25, 0.3) is 6.08 Å². The van der Waals surface area contributed by atoms with Gasteiger partial charge in [0.05, 0.1) is 7.11 Å². The molecular formula is C26H27N3O4. The van der Waals surface area contributed by atoms with Crippen LogP contribution in [0.2, 0.25) is 0 Å². The molecule has 0 aliphatic carbocycles. The smallest absolute Gasteiger partial charge is 0.343 e.